The van der Waals surface area contributed by atoms with E-state index in [0.717, 1.165) is 5.57 Å². The van der Waals surface area contributed by atoms with Gasteiger partial charge in [0.15, 0.2) is 0 Å². The number of aliphatic carboxylic acids is 1. The highest BCUT2D eigenvalue weighted by molar-refractivity contribution is 14.0. The van der Waals surface area contributed by atoms with Gasteiger partial charge >= 0.3 is 5.97 Å². The molecule has 0 spiro atoms. The molecule has 0 saturated heterocycles. The van der Waals surface area contributed by atoms with E-state index in [1.54, 1.807) is 30.2 Å². The molecule has 14 heavy (non-hydrogen) atoms. The zero-order valence-corrected chi connectivity index (χ0v) is 10.2. The van der Waals surface area contributed by atoms with Crippen molar-refractivity contribution in [1.29, 1.82) is 0 Å². The molecule has 0 aromatic rings. The largest absolute Gasteiger partial charge is 0.479 e. The molecule has 1 unspecified atom stereocenters. The van der Waals surface area contributed by atoms with Crippen LogP contribution in [0.3, 0.4) is 0 Å². The number of nitrogens with zero attached hydrogens (tertiary/aromatic N) is 1. The molecule has 0 bridgehead atoms. The molecule has 1 aliphatic heterocycles. The number of carbonyl (C=O) groups is 1. The minimum absolute atomic E-state index is 0. The SMILES string of the molecule is CC1=CC=CN(CCO)C1C(=O)O.I. The van der Waals surface area contributed by atoms with Gasteiger partial charge in [-0.15, -0.1) is 24.0 Å². The fraction of sp³-hybridized carbons (Fsp3) is 0.444. The molecule has 1 heterocycles. The molecule has 80 valence electrons. The van der Waals surface area contributed by atoms with E-state index in [0.29, 0.717) is 6.54 Å². The van der Waals surface area contributed by atoms with Gasteiger partial charge in [0.05, 0.1) is 6.61 Å². The fourth-order valence-corrected chi connectivity index (χ4v) is 1.40. The summed E-state index contributed by atoms with van der Waals surface area (Å²) in [6.07, 6.45) is 5.24. The third kappa shape index (κ3) is 2.98. The van der Waals surface area contributed by atoms with Crippen molar-refractivity contribution in [3.8, 4) is 0 Å². The van der Waals surface area contributed by atoms with Gasteiger partial charge < -0.3 is 15.1 Å². The molecule has 0 saturated carbocycles. The van der Waals surface area contributed by atoms with E-state index in [1.165, 1.54) is 0 Å². The average Bonchev–Trinajstić information content (AvgIpc) is 2.04. The third-order valence-corrected chi connectivity index (χ3v) is 1.99. The number of aliphatic hydroxyl groups excluding tert-OH is 1. The van der Waals surface area contributed by atoms with Crippen molar-refractivity contribution in [1.82, 2.24) is 4.90 Å². The Morgan fingerprint density at radius 3 is 2.79 bits per heavy atom. The van der Waals surface area contributed by atoms with Crippen molar-refractivity contribution in [3.05, 3.63) is 23.9 Å². The normalized spacial score (nSPS) is 20.0. The van der Waals surface area contributed by atoms with Crippen molar-refractivity contribution >= 4 is 29.9 Å². The van der Waals surface area contributed by atoms with Crippen LogP contribution in [0.1, 0.15) is 6.92 Å². The average molecular weight is 311 g/mol. The lowest BCUT2D eigenvalue weighted by Crippen LogP contribution is -2.41. The Kier molecular flexibility index (Phi) is 5.78. The predicted molar refractivity (Wildman–Crippen MR) is 63.5 cm³/mol. The molecule has 0 amide bonds. The van der Waals surface area contributed by atoms with E-state index in [-0.39, 0.29) is 30.6 Å². The molecular weight excluding hydrogens is 297 g/mol. The summed E-state index contributed by atoms with van der Waals surface area (Å²) in [5.41, 5.74) is 0.781. The van der Waals surface area contributed by atoms with Crippen LogP contribution in [0.4, 0.5) is 0 Å². The molecule has 0 aromatic carbocycles. The van der Waals surface area contributed by atoms with Crippen LogP contribution in [-0.2, 0) is 4.79 Å². The lowest BCUT2D eigenvalue weighted by Gasteiger charge is -2.29. The van der Waals surface area contributed by atoms with Crippen LogP contribution in [0.15, 0.2) is 23.9 Å². The first kappa shape index (κ1) is 13.4. The van der Waals surface area contributed by atoms with Crippen LogP contribution in [0.25, 0.3) is 0 Å². The molecule has 1 rings (SSSR count). The lowest BCUT2D eigenvalue weighted by molar-refractivity contribution is -0.141. The first-order valence-electron chi connectivity index (χ1n) is 4.11. The number of allylic oxidation sites excluding steroid dienone is 2. The summed E-state index contributed by atoms with van der Waals surface area (Å²) in [5.74, 6) is -0.883. The fourth-order valence-electron chi connectivity index (χ4n) is 1.40. The molecule has 0 radical (unpaired) electrons. The molecule has 4 nitrogen and oxygen atoms in total. The van der Waals surface area contributed by atoms with Crippen molar-refractivity contribution in [2.45, 2.75) is 13.0 Å². The molecular formula is C9H14INO3. The van der Waals surface area contributed by atoms with Gasteiger partial charge in [0.25, 0.3) is 0 Å². The van der Waals surface area contributed by atoms with Crippen LogP contribution in [-0.4, -0.2) is 40.3 Å². The standard InChI is InChI=1S/C9H13NO3.HI/c1-7-3-2-4-10(5-6-11)8(7)9(12)13;/h2-4,8,11H,5-6H2,1H3,(H,12,13);1H. The molecule has 2 N–H and O–H groups in total. The first-order valence-corrected chi connectivity index (χ1v) is 4.11. The Morgan fingerprint density at radius 1 is 1.64 bits per heavy atom. The Balaban J connectivity index is 0.00000169. The van der Waals surface area contributed by atoms with Gasteiger partial charge in [0.2, 0.25) is 0 Å². The van der Waals surface area contributed by atoms with Gasteiger partial charge in [-0.3, -0.25) is 0 Å². The quantitative estimate of drug-likeness (QED) is 0.758. The number of hydrogen-bond acceptors (Lipinski definition) is 3. The van der Waals surface area contributed by atoms with E-state index in [4.69, 9.17) is 10.2 Å². The number of rotatable bonds is 3. The number of carboxylic acids is 1. The van der Waals surface area contributed by atoms with E-state index in [1.807, 2.05) is 0 Å². The Hall–Kier alpha value is -0.560. The Bertz CT molecular complexity index is 263. The third-order valence-electron chi connectivity index (χ3n) is 1.99. The number of halogens is 1. The minimum Gasteiger partial charge on any atom is -0.479 e. The van der Waals surface area contributed by atoms with Crippen molar-refractivity contribution in [2.75, 3.05) is 13.2 Å². The smallest absolute Gasteiger partial charge is 0.330 e. The van der Waals surface area contributed by atoms with Crippen molar-refractivity contribution < 1.29 is 15.0 Å². The first-order chi connectivity index (χ1) is 6.16. The van der Waals surface area contributed by atoms with Gasteiger partial charge in [-0.2, -0.15) is 0 Å². The molecule has 1 atom stereocenters. The van der Waals surface area contributed by atoms with Crippen LogP contribution in [0.2, 0.25) is 0 Å². The molecule has 1 aliphatic rings. The van der Waals surface area contributed by atoms with Crippen molar-refractivity contribution in [2.24, 2.45) is 0 Å². The second kappa shape index (κ2) is 6.02. The summed E-state index contributed by atoms with van der Waals surface area (Å²) >= 11 is 0. The molecule has 0 aliphatic carbocycles. The Labute approximate surface area is 99.9 Å². The van der Waals surface area contributed by atoms with Gasteiger partial charge in [-0.05, 0) is 18.6 Å². The lowest BCUT2D eigenvalue weighted by atomic mass is 10.0. The maximum atomic E-state index is 10.9. The maximum absolute atomic E-state index is 10.9. The van der Waals surface area contributed by atoms with E-state index in [2.05, 4.69) is 0 Å². The van der Waals surface area contributed by atoms with Gasteiger partial charge in [0, 0.05) is 12.7 Å². The summed E-state index contributed by atoms with van der Waals surface area (Å²) < 4.78 is 0. The van der Waals surface area contributed by atoms with E-state index in [9.17, 15) is 4.79 Å². The second-order valence-electron chi connectivity index (χ2n) is 2.95. The Morgan fingerprint density at radius 2 is 2.29 bits per heavy atom. The highest BCUT2D eigenvalue weighted by Gasteiger charge is 2.25. The zero-order valence-electron chi connectivity index (χ0n) is 7.88. The zero-order chi connectivity index (χ0) is 9.84. The molecule has 0 fully saturated rings. The number of β-amino-alcohol motifs (C(OH)–C–C–N with tert-alkyl or cyclic N) is 1. The number of carboxylic acid groups (broad SMARTS) is 1. The molecule has 5 heteroatoms. The summed E-state index contributed by atoms with van der Waals surface area (Å²) in [4.78, 5) is 12.5. The van der Waals surface area contributed by atoms with E-state index >= 15 is 0 Å². The van der Waals surface area contributed by atoms with Crippen LogP contribution >= 0.6 is 24.0 Å². The second-order valence-corrected chi connectivity index (χ2v) is 2.95. The van der Waals surface area contributed by atoms with Crippen LogP contribution < -0.4 is 0 Å². The highest BCUT2D eigenvalue weighted by atomic mass is 127. The topological polar surface area (TPSA) is 60.8 Å². The van der Waals surface area contributed by atoms with Gasteiger partial charge in [0.1, 0.15) is 6.04 Å². The number of hydrogen-bond donors (Lipinski definition) is 2. The summed E-state index contributed by atoms with van der Waals surface area (Å²) in [5, 5.41) is 17.6. The van der Waals surface area contributed by atoms with E-state index < -0.39 is 12.0 Å². The summed E-state index contributed by atoms with van der Waals surface area (Å²) in [6, 6.07) is -0.628. The van der Waals surface area contributed by atoms with Crippen molar-refractivity contribution in [3.63, 3.8) is 0 Å². The monoisotopic (exact) mass is 311 g/mol. The number of aliphatic hydroxyl groups is 1. The van der Waals surface area contributed by atoms with Gasteiger partial charge in [-0.1, -0.05) is 6.08 Å². The summed E-state index contributed by atoms with van der Waals surface area (Å²) in [6.45, 7) is 2.08. The predicted octanol–water partition coefficient (Wildman–Crippen LogP) is 0.826. The van der Waals surface area contributed by atoms with Crippen LogP contribution in [0, 0.1) is 0 Å². The minimum atomic E-state index is -0.883. The van der Waals surface area contributed by atoms with Crippen LogP contribution in [0.5, 0.6) is 0 Å². The maximum Gasteiger partial charge on any atom is 0.330 e. The van der Waals surface area contributed by atoms with Gasteiger partial charge in [-0.25, -0.2) is 4.79 Å². The highest BCUT2D eigenvalue weighted by Crippen LogP contribution is 2.15. The molecule has 0 aromatic heterocycles. The summed E-state index contributed by atoms with van der Waals surface area (Å²) in [7, 11) is 0.